The van der Waals surface area contributed by atoms with Gasteiger partial charge in [-0.05, 0) is 32.3 Å². The number of carbonyl (C=O) groups is 3. The highest BCUT2D eigenvalue weighted by molar-refractivity contribution is 6.04. The topological polar surface area (TPSA) is 75.7 Å². The van der Waals surface area contributed by atoms with Crippen molar-refractivity contribution in [3.05, 3.63) is 23.3 Å². The van der Waals surface area contributed by atoms with Crippen molar-refractivity contribution in [1.29, 1.82) is 0 Å². The summed E-state index contributed by atoms with van der Waals surface area (Å²) in [6, 6.07) is 0. The summed E-state index contributed by atoms with van der Waals surface area (Å²) in [4.78, 5) is 39.4. The molecule has 0 radical (unpaired) electrons. The number of hydrogen-bond acceptors (Lipinski definition) is 4. The Balaban J connectivity index is 2.01. The molecule has 1 N–H and O–H groups in total. The van der Waals surface area contributed by atoms with E-state index in [1.807, 2.05) is 19.1 Å². The van der Waals surface area contributed by atoms with Crippen molar-refractivity contribution in [2.75, 3.05) is 20.7 Å². The Morgan fingerprint density at radius 3 is 2.75 bits per heavy atom. The molecule has 6 nitrogen and oxygen atoms in total. The molecule has 3 aliphatic rings. The standard InChI is InChI=1S/C18H24N2O4/c1-10-14(24-4)8-13-15(10)17(23)20(3)7-5-6-12-9-18(12,11(2)21)19-16(13)22/h5-6,12-14H,7-9H2,1-4H3,(H,19,22). The lowest BCUT2D eigenvalue weighted by molar-refractivity contribution is -0.132. The monoisotopic (exact) mass is 332 g/mol. The molecule has 1 saturated carbocycles. The van der Waals surface area contributed by atoms with Crippen LogP contribution in [0.25, 0.3) is 0 Å². The number of ketones is 1. The molecule has 0 aromatic rings. The predicted molar refractivity (Wildman–Crippen MR) is 88.0 cm³/mol. The van der Waals surface area contributed by atoms with Gasteiger partial charge in [-0.1, -0.05) is 12.2 Å². The molecular formula is C18H24N2O4. The van der Waals surface area contributed by atoms with E-state index in [4.69, 9.17) is 4.74 Å². The number of fused-ring (bicyclic) bond motifs is 2. The van der Waals surface area contributed by atoms with E-state index in [-0.39, 0.29) is 29.6 Å². The third-order valence-corrected chi connectivity index (χ3v) is 5.62. The summed E-state index contributed by atoms with van der Waals surface area (Å²) >= 11 is 0. The van der Waals surface area contributed by atoms with Crippen molar-refractivity contribution in [2.24, 2.45) is 11.8 Å². The second-order valence-corrected chi connectivity index (χ2v) is 7.05. The van der Waals surface area contributed by atoms with Crippen LogP contribution in [0.2, 0.25) is 0 Å². The van der Waals surface area contributed by atoms with Crippen LogP contribution >= 0.6 is 0 Å². The molecule has 0 saturated heterocycles. The van der Waals surface area contributed by atoms with Crippen LogP contribution in [0.5, 0.6) is 0 Å². The van der Waals surface area contributed by atoms with Crippen LogP contribution in [0.3, 0.4) is 0 Å². The summed E-state index contributed by atoms with van der Waals surface area (Å²) in [5.74, 6) is -0.995. The molecule has 4 unspecified atom stereocenters. The highest BCUT2D eigenvalue weighted by Gasteiger charge is 2.58. The van der Waals surface area contributed by atoms with Gasteiger partial charge in [0.1, 0.15) is 5.54 Å². The van der Waals surface area contributed by atoms with E-state index >= 15 is 0 Å². The Morgan fingerprint density at radius 2 is 2.12 bits per heavy atom. The zero-order valence-corrected chi connectivity index (χ0v) is 14.6. The highest BCUT2D eigenvalue weighted by atomic mass is 16.5. The summed E-state index contributed by atoms with van der Waals surface area (Å²) in [5, 5.41) is 2.94. The smallest absolute Gasteiger partial charge is 0.250 e. The molecule has 6 heteroatoms. The van der Waals surface area contributed by atoms with E-state index in [0.717, 1.165) is 5.57 Å². The second kappa shape index (κ2) is 5.84. The van der Waals surface area contributed by atoms with Crippen LogP contribution in [0.15, 0.2) is 23.3 Å². The van der Waals surface area contributed by atoms with E-state index in [1.54, 1.807) is 19.1 Å². The minimum absolute atomic E-state index is 0.00806. The lowest BCUT2D eigenvalue weighted by Gasteiger charge is -2.22. The largest absolute Gasteiger partial charge is 0.377 e. The SMILES string of the molecule is COC1CC2C(=O)NC3(C(C)=O)CC3C=CCN(C)C(=O)C2=C1C. The number of nitrogens with zero attached hydrogens (tertiary/aromatic N) is 1. The third kappa shape index (κ3) is 2.49. The molecule has 0 bridgehead atoms. The molecule has 0 spiro atoms. The Labute approximate surface area is 141 Å². The molecular weight excluding hydrogens is 308 g/mol. The van der Waals surface area contributed by atoms with Gasteiger partial charge in [0, 0.05) is 32.2 Å². The van der Waals surface area contributed by atoms with Crippen molar-refractivity contribution in [3.8, 4) is 0 Å². The number of likely N-dealkylation sites (N-methyl/N-ethyl adjacent to an activating group) is 1. The average Bonchev–Trinajstić information content (AvgIpc) is 3.12. The molecule has 0 aromatic heterocycles. The van der Waals surface area contributed by atoms with Crippen LogP contribution < -0.4 is 5.32 Å². The summed E-state index contributed by atoms with van der Waals surface area (Å²) in [6.07, 6.45) is 4.66. The van der Waals surface area contributed by atoms with Gasteiger partial charge in [-0.25, -0.2) is 0 Å². The van der Waals surface area contributed by atoms with Crippen molar-refractivity contribution in [1.82, 2.24) is 10.2 Å². The number of Topliss-reactive ketones (excluding diaryl/α,β-unsaturated/α-hetero) is 1. The summed E-state index contributed by atoms with van der Waals surface area (Å²) < 4.78 is 5.44. The molecule has 130 valence electrons. The maximum absolute atomic E-state index is 12.9. The number of ether oxygens (including phenoxy) is 1. The fourth-order valence-corrected chi connectivity index (χ4v) is 3.92. The fourth-order valence-electron chi connectivity index (χ4n) is 3.92. The lowest BCUT2D eigenvalue weighted by atomic mass is 9.97. The first-order valence-corrected chi connectivity index (χ1v) is 8.30. The minimum atomic E-state index is -0.802. The highest BCUT2D eigenvalue weighted by Crippen LogP contribution is 2.46. The van der Waals surface area contributed by atoms with E-state index in [0.29, 0.717) is 25.0 Å². The first-order valence-electron chi connectivity index (χ1n) is 8.30. The number of amides is 2. The second-order valence-electron chi connectivity index (χ2n) is 7.05. The first-order chi connectivity index (χ1) is 11.3. The fraction of sp³-hybridized carbons (Fsp3) is 0.611. The van der Waals surface area contributed by atoms with E-state index in [2.05, 4.69) is 5.32 Å². The van der Waals surface area contributed by atoms with Crippen LogP contribution in [-0.4, -0.2) is 54.8 Å². The van der Waals surface area contributed by atoms with Crippen molar-refractivity contribution < 1.29 is 19.1 Å². The normalized spacial score (nSPS) is 36.0. The summed E-state index contributed by atoms with van der Waals surface area (Å²) in [7, 11) is 3.31. The van der Waals surface area contributed by atoms with E-state index in [9.17, 15) is 14.4 Å². The Hall–Kier alpha value is -1.95. The lowest BCUT2D eigenvalue weighted by Crippen LogP contribution is -2.47. The number of carbonyl (C=O) groups excluding carboxylic acids is 3. The molecule has 0 aromatic carbocycles. The average molecular weight is 332 g/mol. The van der Waals surface area contributed by atoms with Gasteiger partial charge >= 0.3 is 0 Å². The van der Waals surface area contributed by atoms with Crippen LogP contribution in [0.4, 0.5) is 0 Å². The zero-order chi connectivity index (χ0) is 17.6. The van der Waals surface area contributed by atoms with Gasteiger partial charge in [0.05, 0.1) is 12.0 Å². The Morgan fingerprint density at radius 1 is 1.42 bits per heavy atom. The maximum Gasteiger partial charge on any atom is 0.250 e. The van der Waals surface area contributed by atoms with E-state index < -0.39 is 11.5 Å². The van der Waals surface area contributed by atoms with Crippen molar-refractivity contribution >= 4 is 17.6 Å². The van der Waals surface area contributed by atoms with Crippen LogP contribution in [0.1, 0.15) is 26.7 Å². The minimum Gasteiger partial charge on any atom is -0.377 e. The summed E-state index contributed by atoms with van der Waals surface area (Å²) in [5.41, 5.74) is 0.513. The van der Waals surface area contributed by atoms with E-state index in [1.165, 1.54) is 6.92 Å². The van der Waals surface area contributed by atoms with Gasteiger partial charge in [0.15, 0.2) is 5.78 Å². The van der Waals surface area contributed by atoms with Crippen molar-refractivity contribution in [3.63, 3.8) is 0 Å². The molecule has 2 aliphatic carbocycles. The number of rotatable bonds is 2. The zero-order valence-electron chi connectivity index (χ0n) is 14.6. The quantitative estimate of drug-likeness (QED) is 0.760. The van der Waals surface area contributed by atoms with Gasteiger partial charge in [-0.2, -0.15) is 0 Å². The molecule has 3 rings (SSSR count). The molecule has 2 amide bonds. The van der Waals surface area contributed by atoms with Crippen molar-refractivity contribution in [2.45, 2.75) is 38.3 Å². The Bertz CT molecular complexity index is 666. The van der Waals surface area contributed by atoms with Gasteiger partial charge in [-0.3, -0.25) is 14.4 Å². The van der Waals surface area contributed by atoms with Gasteiger partial charge in [0.2, 0.25) is 5.91 Å². The molecule has 1 heterocycles. The molecule has 24 heavy (non-hydrogen) atoms. The van der Waals surface area contributed by atoms with Gasteiger partial charge in [0.25, 0.3) is 5.91 Å². The Kier molecular flexibility index (Phi) is 4.11. The van der Waals surface area contributed by atoms with Gasteiger partial charge < -0.3 is 15.0 Å². The molecule has 1 fully saturated rings. The number of hydrogen-bond donors (Lipinski definition) is 1. The number of nitrogens with one attached hydrogen (secondary N) is 1. The first kappa shape index (κ1) is 16.9. The molecule has 4 atom stereocenters. The molecule has 1 aliphatic heterocycles. The summed E-state index contributed by atoms with van der Waals surface area (Å²) in [6.45, 7) is 3.82. The number of methoxy groups -OCH3 is 1. The van der Waals surface area contributed by atoms with Crippen LogP contribution in [0, 0.1) is 11.8 Å². The van der Waals surface area contributed by atoms with Gasteiger partial charge in [-0.15, -0.1) is 0 Å². The predicted octanol–water partition coefficient (Wildman–Crippen LogP) is 0.830. The van der Waals surface area contributed by atoms with Crippen LogP contribution in [-0.2, 0) is 19.1 Å². The third-order valence-electron chi connectivity index (χ3n) is 5.62. The maximum atomic E-state index is 12.9.